The maximum absolute atomic E-state index is 4.08. The molecule has 0 aromatic carbocycles. The molecule has 0 amide bonds. The molecule has 2 atom stereocenters. The molecule has 3 nitrogen and oxygen atoms in total. The Hall–Kier alpha value is -0.380. The van der Waals surface area contributed by atoms with E-state index in [1.165, 1.54) is 6.42 Å². The summed E-state index contributed by atoms with van der Waals surface area (Å²) < 4.78 is 1.75. The van der Waals surface area contributed by atoms with Crippen molar-refractivity contribution in [2.45, 2.75) is 31.5 Å². The van der Waals surface area contributed by atoms with Gasteiger partial charge in [0.1, 0.15) is 0 Å². The number of aryl methyl sites for hydroxylation is 1. The Labute approximate surface area is 87.6 Å². The van der Waals surface area contributed by atoms with Gasteiger partial charge >= 0.3 is 0 Å². The van der Waals surface area contributed by atoms with Crippen LogP contribution in [-0.4, -0.2) is 19.8 Å². The van der Waals surface area contributed by atoms with Crippen molar-refractivity contribution in [3.63, 3.8) is 0 Å². The Bertz CT molecular complexity index is 257. The van der Waals surface area contributed by atoms with Gasteiger partial charge in [-0.1, -0.05) is 41.4 Å². The second-order valence-electron chi connectivity index (χ2n) is 3.43. The molecule has 13 heavy (non-hydrogen) atoms. The number of halogens is 1. The highest BCUT2D eigenvalue weighted by atomic mass is 79.9. The molecule has 0 aliphatic heterocycles. The van der Waals surface area contributed by atoms with Crippen LogP contribution in [0.1, 0.15) is 26.0 Å². The predicted octanol–water partition coefficient (Wildman–Crippen LogP) is 2.17. The van der Waals surface area contributed by atoms with Gasteiger partial charge in [0, 0.05) is 18.1 Å². The molecule has 1 heterocycles. The highest BCUT2D eigenvalue weighted by Gasteiger charge is 2.14. The summed E-state index contributed by atoms with van der Waals surface area (Å²) in [6.07, 6.45) is 4.16. The molecule has 74 valence electrons. The van der Waals surface area contributed by atoms with Crippen molar-refractivity contribution in [2.24, 2.45) is 13.0 Å². The van der Waals surface area contributed by atoms with Crippen LogP contribution in [0.4, 0.5) is 0 Å². The average molecular weight is 246 g/mol. The van der Waals surface area contributed by atoms with Crippen LogP contribution in [0.25, 0.3) is 0 Å². The molecular formula is C9H16BrN3. The lowest BCUT2D eigenvalue weighted by atomic mass is 9.98. The first-order valence-corrected chi connectivity index (χ1v) is 5.54. The maximum Gasteiger partial charge on any atom is 0.0830 e. The maximum atomic E-state index is 4.08. The van der Waals surface area contributed by atoms with Gasteiger partial charge in [-0.2, -0.15) is 0 Å². The largest absolute Gasteiger partial charge is 0.255 e. The lowest BCUT2D eigenvalue weighted by molar-refractivity contribution is 0.502. The zero-order valence-corrected chi connectivity index (χ0v) is 9.95. The number of hydrogen-bond acceptors (Lipinski definition) is 2. The molecule has 0 radical (unpaired) electrons. The third-order valence-corrected chi connectivity index (χ3v) is 3.04. The average Bonchev–Trinajstić information content (AvgIpc) is 2.46. The van der Waals surface area contributed by atoms with Gasteiger partial charge in [0.25, 0.3) is 0 Å². The SMILES string of the molecule is CCC(Cc1cn(C)nn1)C(C)Br. The van der Waals surface area contributed by atoms with E-state index >= 15 is 0 Å². The molecule has 2 unspecified atom stereocenters. The first-order chi connectivity index (χ1) is 6.13. The van der Waals surface area contributed by atoms with E-state index < -0.39 is 0 Å². The molecular weight excluding hydrogens is 230 g/mol. The Morgan fingerprint density at radius 1 is 1.62 bits per heavy atom. The Balaban J connectivity index is 2.56. The van der Waals surface area contributed by atoms with Crippen molar-refractivity contribution in [1.29, 1.82) is 0 Å². The van der Waals surface area contributed by atoms with E-state index in [2.05, 4.69) is 40.1 Å². The number of aromatic nitrogens is 3. The van der Waals surface area contributed by atoms with Crippen molar-refractivity contribution in [2.75, 3.05) is 0 Å². The van der Waals surface area contributed by atoms with Crippen molar-refractivity contribution in [1.82, 2.24) is 15.0 Å². The van der Waals surface area contributed by atoms with Crippen molar-refractivity contribution in [3.8, 4) is 0 Å². The fourth-order valence-corrected chi connectivity index (χ4v) is 1.95. The summed E-state index contributed by atoms with van der Waals surface area (Å²) in [4.78, 5) is 0.541. The fourth-order valence-electron chi connectivity index (χ4n) is 1.39. The van der Waals surface area contributed by atoms with Gasteiger partial charge in [-0.25, -0.2) is 0 Å². The fraction of sp³-hybridized carbons (Fsp3) is 0.778. The van der Waals surface area contributed by atoms with Crippen molar-refractivity contribution < 1.29 is 0 Å². The summed E-state index contributed by atoms with van der Waals surface area (Å²) in [5, 5.41) is 7.99. The van der Waals surface area contributed by atoms with Crippen LogP contribution in [0, 0.1) is 5.92 Å². The van der Waals surface area contributed by atoms with Gasteiger partial charge in [0.2, 0.25) is 0 Å². The predicted molar refractivity (Wildman–Crippen MR) is 56.9 cm³/mol. The summed E-state index contributed by atoms with van der Waals surface area (Å²) in [5.74, 6) is 0.650. The highest BCUT2D eigenvalue weighted by molar-refractivity contribution is 9.09. The summed E-state index contributed by atoms with van der Waals surface area (Å²) in [6.45, 7) is 4.39. The third-order valence-electron chi connectivity index (χ3n) is 2.30. The smallest absolute Gasteiger partial charge is 0.0830 e. The van der Waals surface area contributed by atoms with Crippen LogP contribution in [0.5, 0.6) is 0 Å². The summed E-state index contributed by atoms with van der Waals surface area (Å²) in [6, 6.07) is 0. The number of hydrogen-bond donors (Lipinski definition) is 0. The minimum Gasteiger partial charge on any atom is -0.255 e. The van der Waals surface area contributed by atoms with Gasteiger partial charge < -0.3 is 0 Å². The van der Waals surface area contributed by atoms with E-state index in [1.54, 1.807) is 4.68 Å². The van der Waals surface area contributed by atoms with Gasteiger partial charge in [-0.3, -0.25) is 4.68 Å². The van der Waals surface area contributed by atoms with Gasteiger partial charge in [0.15, 0.2) is 0 Å². The number of alkyl halides is 1. The second-order valence-corrected chi connectivity index (χ2v) is 4.88. The lowest BCUT2D eigenvalue weighted by Crippen LogP contribution is -2.13. The lowest BCUT2D eigenvalue weighted by Gasteiger charge is -2.15. The molecule has 4 heteroatoms. The highest BCUT2D eigenvalue weighted by Crippen LogP contribution is 2.19. The molecule has 1 rings (SSSR count). The minimum atomic E-state index is 0.541. The van der Waals surface area contributed by atoms with Crippen LogP contribution in [0.2, 0.25) is 0 Å². The Morgan fingerprint density at radius 2 is 2.31 bits per heavy atom. The van der Waals surface area contributed by atoms with Crippen molar-refractivity contribution >= 4 is 15.9 Å². The number of rotatable bonds is 4. The zero-order chi connectivity index (χ0) is 9.84. The van der Waals surface area contributed by atoms with E-state index in [9.17, 15) is 0 Å². The number of nitrogens with zero attached hydrogens (tertiary/aromatic N) is 3. The molecule has 0 saturated heterocycles. The van der Waals surface area contributed by atoms with E-state index in [1.807, 2.05) is 13.2 Å². The molecule has 0 spiro atoms. The van der Waals surface area contributed by atoms with E-state index in [4.69, 9.17) is 0 Å². The van der Waals surface area contributed by atoms with Gasteiger partial charge in [0.05, 0.1) is 5.69 Å². The minimum absolute atomic E-state index is 0.541. The van der Waals surface area contributed by atoms with Gasteiger partial charge in [-0.05, 0) is 12.3 Å². The normalized spacial score (nSPS) is 15.7. The zero-order valence-electron chi connectivity index (χ0n) is 8.37. The van der Waals surface area contributed by atoms with E-state index in [-0.39, 0.29) is 0 Å². The molecule has 0 aliphatic carbocycles. The quantitative estimate of drug-likeness (QED) is 0.762. The van der Waals surface area contributed by atoms with Gasteiger partial charge in [-0.15, -0.1) is 5.10 Å². The van der Waals surface area contributed by atoms with E-state index in [0.717, 1.165) is 12.1 Å². The van der Waals surface area contributed by atoms with E-state index in [0.29, 0.717) is 10.7 Å². The monoisotopic (exact) mass is 245 g/mol. The molecule has 1 aromatic heterocycles. The topological polar surface area (TPSA) is 30.7 Å². The standard InChI is InChI=1S/C9H16BrN3/c1-4-8(7(2)10)5-9-6-13(3)12-11-9/h6-8H,4-5H2,1-3H3. The molecule has 0 fully saturated rings. The van der Waals surface area contributed by atoms with Crippen LogP contribution in [-0.2, 0) is 13.5 Å². The Morgan fingerprint density at radius 3 is 2.69 bits per heavy atom. The summed E-state index contributed by atoms with van der Waals surface area (Å²) in [7, 11) is 1.90. The molecule has 0 N–H and O–H groups in total. The molecule has 0 bridgehead atoms. The molecule has 1 aromatic rings. The first kappa shape index (κ1) is 10.7. The third kappa shape index (κ3) is 3.10. The second kappa shape index (κ2) is 4.74. The Kier molecular flexibility index (Phi) is 3.90. The summed E-state index contributed by atoms with van der Waals surface area (Å²) >= 11 is 3.61. The van der Waals surface area contributed by atoms with Crippen LogP contribution < -0.4 is 0 Å². The first-order valence-electron chi connectivity index (χ1n) is 4.62. The van der Waals surface area contributed by atoms with Crippen molar-refractivity contribution in [3.05, 3.63) is 11.9 Å². The molecule has 0 aliphatic rings. The summed E-state index contributed by atoms with van der Waals surface area (Å²) in [5.41, 5.74) is 1.08. The van der Waals surface area contributed by atoms with Crippen LogP contribution in [0.3, 0.4) is 0 Å². The van der Waals surface area contributed by atoms with Crippen LogP contribution >= 0.6 is 15.9 Å². The van der Waals surface area contributed by atoms with Crippen LogP contribution in [0.15, 0.2) is 6.20 Å². The molecule has 0 saturated carbocycles.